The second-order valence-corrected chi connectivity index (χ2v) is 3.95. The molecule has 0 bridgehead atoms. The maximum atomic E-state index is 11.6. The van der Waals surface area contributed by atoms with Crippen LogP contribution in [0.25, 0.3) is 0 Å². The van der Waals surface area contributed by atoms with E-state index in [1.807, 2.05) is 13.0 Å². The standard InChI is InChI=1S/C11H14N2O3/c1-7(9-4-3-5-16-9)12-8-6-10(14)13(2)11(8)15/h3-5,7-8,12H,6H2,1-2H3/t7-,8?/m1/s1. The summed E-state index contributed by atoms with van der Waals surface area (Å²) in [6, 6.07) is 3.12. The van der Waals surface area contributed by atoms with E-state index in [4.69, 9.17) is 4.42 Å². The lowest BCUT2D eigenvalue weighted by atomic mass is 10.2. The van der Waals surface area contributed by atoms with Gasteiger partial charge in [0.2, 0.25) is 11.8 Å². The number of carbonyl (C=O) groups is 2. The minimum Gasteiger partial charge on any atom is -0.468 e. The van der Waals surface area contributed by atoms with E-state index in [1.54, 1.807) is 12.3 Å². The molecular formula is C11H14N2O3. The van der Waals surface area contributed by atoms with Gasteiger partial charge in [-0.05, 0) is 19.1 Å². The van der Waals surface area contributed by atoms with E-state index in [1.165, 1.54) is 7.05 Å². The Morgan fingerprint density at radius 3 is 2.81 bits per heavy atom. The Bertz CT molecular complexity index is 399. The predicted molar refractivity (Wildman–Crippen MR) is 56.4 cm³/mol. The fourth-order valence-electron chi connectivity index (χ4n) is 1.81. The summed E-state index contributed by atoms with van der Waals surface area (Å²) in [5.41, 5.74) is 0. The van der Waals surface area contributed by atoms with E-state index in [9.17, 15) is 9.59 Å². The number of likely N-dealkylation sites (N-methyl/N-ethyl adjacent to an activating group) is 1. The lowest BCUT2D eigenvalue weighted by molar-refractivity contribution is -0.137. The minimum absolute atomic E-state index is 0.0803. The van der Waals surface area contributed by atoms with Crippen LogP contribution in [0.15, 0.2) is 22.8 Å². The minimum atomic E-state index is -0.433. The molecule has 2 rings (SSSR count). The Kier molecular flexibility index (Phi) is 2.78. The lowest BCUT2D eigenvalue weighted by Gasteiger charge is -2.15. The highest BCUT2D eigenvalue weighted by atomic mass is 16.3. The third kappa shape index (κ3) is 1.86. The van der Waals surface area contributed by atoms with E-state index < -0.39 is 6.04 Å². The second kappa shape index (κ2) is 4.09. The van der Waals surface area contributed by atoms with Gasteiger partial charge in [-0.3, -0.25) is 19.8 Å². The van der Waals surface area contributed by atoms with Gasteiger partial charge in [-0.1, -0.05) is 0 Å². The molecule has 1 aliphatic heterocycles. The number of likely N-dealkylation sites (tertiary alicyclic amines) is 1. The van der Waals surface area contributed by atoms with Crippen LogP contribution in [0.2, 0.25) is 0 Å². The zero-order valence-corrected chi connectivity index (χ0v) is 9.27. The average molecular weight is 222 g/mol. The van der Waals surface area contributed by atoms with Crippen LogP contribution in [0.4, 0.5) is 0 Å². The monoisotopic (exact) mass is 222 g/mol. The maximum Gasteiger partial charge on any atom is 0.246 e. The highest BCUT2D eigenvalue weighted by Gasteiger charge is 2.36. The largest absolute Gasteiger partial charge is 0.468 e. The van der Waals surface area contributed by atoms with Crippen LogP contribution >= 0.6 is 0 Å². The molecule has 1 saturated heterocycles. The number of nitrogens with one attached hydrogen (secondary N) is 1. The van der Waals surface area contributed by atoms with Gasteiger partial charge in [0.05, 0.1) is 24.8 Å². The van der Waals surface area contributed by atoms with Gasteiger partial charge in [0.1, 0.15) is 5.76 Å². The Morgan fingerprint density at radius 2 is 2.31 bits per heavy atom. The van der Waals surface area contributed by atoms with Gasteiger partial charge in [0.25, 0.3) is 0 Å². The van der Waals surface area contributed by atoms with Gasteiger partial charge in [0, 0.05) is 7.05 Å². The van der Waals surface area contributed by atoms with Gasteiger partial charge in [-0.15, -0.1) is 0 Å². The molecule has 0 saturated carbocycles. The molecule has 16 heavy (non-hydrogen) atoms. The summed E-state index contributed by atoms with van der Waals surface area (Å²) < 4.78 is 5.22. The van der Waals surface area contributed by atoms with Crippen molar-refractivity contribution < 1.29 is 14.0 Å². The Balaban J connectivity index is 2.01. The first-order valence-corrected chi connectivity index (χ1v) is 5.19. The Labute approximate surface area is 93.4 Å². The molecule has 1 aliphatic rings. The van der Waals surface area contributed by atoms with Gasteiger partial charge in [-0.2, -0.15) is 0 Å². The lowest BCUT2D eigenvalue weighted by Crippen LogP contribution is -2.38. The van der Waals surface area contributed by atoms with Crippen molar-refractivity contribution in [2.45, 2.75) is 25.4 Å². The number of amides is 2. The summed E-state index contributed by atoms with van der Waals surface area (Å²) in [7, 11) is 1.50. The molecule has 1 N–H and O–H groups in total. The molecule has 0 radical (unpaired) electrons. The number of nitrogens with zero attached hydrogens (tertiary/aromatic N) is 1. The van der Waals surface area contributed by atoms with Gasteiger partial charge >= 0.3 is 0 Å². The van der Waals surface area contributed by atoms with Crippen LogP contribution in [0, 0.1) is 0 Å². The Morgan fingerprint density at radius 1 is 1.56 bits per heavy atom. The summed E-state index contributed by atoms with van der Waals surface area (Å²) in [4.78, 5) is 24.1. The highest BCUT2D eigenvalue weighted by Crippen LogP contribution is 2.17. The fourth-order valence-corrected chi connectivity index (χ4v) is 1.81. The summed E-state index contributed by atoms with van der Waals surface area (Å²) in [5.74, 6) is 0.437. The molecule has 5 nitrogen and oxygen atoms in total. The second-order valence-electron chi connectivity index (χ2n) is 3.95. The molecule has 1 unspecified atom stereocenters. The zero-order chi connectivity index (χ0) is 11.7. The van der Waals surface area contributed by atoms with E-state index in [2.05, 4.69) is 5.32 Å². The number of carbonyl (C=O) groups excluding carboxylic acids is 2. The van der Waals surface area contributed by atoms with Crippen molar-refractivity contribution in [1.82, 2.24) is 10.2 Å². The molecule has 1 aromatic heterocycles. The van der Waals surface area contributed by atoms with Crippen molar-refractivity contribution in [3.05, 3.63) is 24.2 Å². The molecule has 86 valence electrons. The van der Waals surface area contributed by atoms with Crippen LogP contribution in [0.3, 0.4) is 0 Å². The molecule has 0 aromatic carbocycles. The molecule has 0 aliphatic carbocycles. The van der Waals surface area contributed by atoms with E-state index >= 15 is 0 Å². The molecular weight excluding hydrogens is 208 g/mol. The molecule has 2 amide bonds. The first-order valence-electron chi connectivity index (χ1n) is 5.19. The van der Waals surface area contributed by atoms with Crippen molar-refractivity contribution in [1.29, 1.82) is 0 Å². The molecule has 5 heteroatoms. The van der Waals surface area contributed by atoms with Crippen LogP contribution < -0.4 is 5.32 Å². The predicted octanol–water partition coefficient (Wildman–Crippen LogP) is 0.687. The van der Waals surface area contributed by atoms with Gasteiger partial charge < -0.3 is 4.42 Å². The average Bonchev–Trinajstić information content (AvgIpc) is 2.85. The Hall–Kier alpha value is -1.62. The molecule has 0 spiro atoms. The van der Waals surface area contributed by atoms with Gasteiger partial charge in [-0.25, -0.2) is 0 Å². The van der Waals surface area contributed by atoms with Crippen molar-refractivity contribution in [2.24, 2.45) is 0 Å². The molecule has 1 aromatic rings. The van der Waals surface area contributed by atoms with Crippen LogP contribution in [0.1, 0.15) is 25.1 Å². The first-order chi connectivity index (χ1) is 7.59. The third-order valence-corrected chi connectivity index (χ3v) is 2.80. The number of imide groups is 1. The van der Waals surface area contributed by atoms with Crippen molar-refractivity contribution in [2.75, 3.05) is 7.05 Å². The molecule has 2 heterocycles. The van der Waals surface area contributed by atoms with E-state index in [-0.39, 0.29) is 24.3 Å². The number of furan rings is 1. The summed E-state index contributed by atoms with van der Waals surface area (Å²) >= 11 is 0. The number of rotatable bonds is 3. The smallest absolute Gasteiger partial charge is 0.246 e. The normalized spacial score (nSPS) is 22.9. The quantitative estimate of drug-likeness (QED) is 0.764. The SMILES string of the molecule is C[C@@H](NC1CC(=O)N(C)C1=O)c1ccco1. The molecule has 1 fully saturated rings. The summed E-state index contributed by atoms with van der Waals surface area (Å²) in [6.07, 6.45) is 1.81. The zero-order valence-electron chi connectivity index (χ0n) is 9.27. The maximum absolute atomic E-state index is 11.6. The van der Waals surface area contributed by atoms with Crippen molar-refractivity contribution in [3.63, 3.8) is 0 Å². The fraction of sp³-hybridized carbons (Fsp3) is 0.455. The van der Waals surface area contributed by atoms with Crippen LogP contribution in [-0.4, -0.2) is 29.8 Å². The topological polar surface area (TPSA) is 62.6 Å². The number of hydrogen-bond acceptors (Lipinski definition) is 4. The van der Waals surface area contributed by atoms with Crippen LogP contribution in [-0.2, 0) is 9.59 Å². The summed E-state index contributed by atoms with van der Waals surface area (Å²) in [6.45, 7) is 1.90. The van der Waals surface area contributed by atoms with Crippen LogP contribution in [0.5, 0.6) is 0 Å². The van der Waals surface area contributed by atoms with Crippen molar-refractivity contribution in [3.8, 4) is 0 Å². The first kappa shape index (κ1) is 10.9. The van der Waals surface area contributed by atoms with E-state index in [0.717, 1.165) is 10.7 Å². The summed E-state index contributed by atoms with van der Waals surface area (Å²) in [5, 5.41) is 3.09. The van der Waals surface area contributed by atoms with Crippen molar-refractivity contribution >= 4 is 11.8 Å². The van der Waals surface area contributed by atoms with Gasteiger partial charge in [0.15, 0.2) is 0 Å². The van der Waals surface area contributed by atoms with E-state index in [0.29, 0.717) is 0 Å². The molecule has 2 atom stereocenters. The number of hydrogen-bond donors (Lipinski definition) is 1. The third-order valence-electron chi connectivity index (χ3n) is 2.80. The highest BCUT2D eigenvalue weighted by molar-refractivity contribution is 6.05.